The highest BCUT2D eigenvalue weighted by Gasteiger charge is 2.18. The number of non-ortho nitro benzene ring substituents is 1. The first-order chi connectivity index (χ1) is 14.2. The van der Waals surface area contributed by atoms with Crippen LogP contribution in [0.15, 0.2) is 71.6 Å². The zero-order valence-electron chi connectivity index (χ0n) is 16.2. The van der Waals surface area contributed by atoms with E-state index in [0.29, 0.717) is 11.3 Å². The molecule has 1 amide bonds. The molecule has 0 saturated carbocycles. The first-order valence-corrected chi connectivity index (χ1v) is 10.4. The van der Waals surface area contributed by atoms with Crippen LogP contribution in [0.4, 0.5) is 17.1 Å². The molecule has 0 unspecified atom stereocenters. The zero-order valence-corrected chi connectivity index (χ0v) is 17.1. The van der Waals surface area contributed by atoms with E-state index in [1.54, 1.807) is 0 Å². The SMILES string of the molecule is Cc1ccc(NC(=O)c2ccc(NS(=O)(=O)c3cccc([N+](=O)[O-])c3)cc2)cc1C. The summed E-state index contributed by atoms with van der Waals surface area (Å²) in [6.45, 7) is 3.93. The summed E-state index contributed by atoms with van der Waals surface area (Å²) in [7, 11) is -4.01. The average molecular weight is 425 g/mol. The molecule has 30 heavy (non-hydrogen) atoms. The maximum absolute atomic E-state index is 12.5. The van der Waals surface area contributed by atoms with E-state index in [4.69, 9.17) is 0 Å². The molecule has 0 aliphatic carbocycles. The van der Waals surface area contributed by atoms with Gasteiger partial charge in [-0.3, -0.25) is 19.6 Å². The Hall–Kier alpha value is -3.72. The summed E-state index contributed by atoms with van der Waals surface area (Å²) in [5.41, 5.74) is 3.10. The third kappa shape index (κ3) is 4.81. The summed E-state index contributed by atoms with van der Waals surface area (Å²) in [5, 5.41) is 13.7. The van der Waals surface area contributed by atoms with E-state index in [9.17, 15) is 23.3 Å². The Bertz CT molecular complexity index is 1220. The lowest BCUT2D eigenvalue weighted by atomic mass is 10.1. The highest BCUT2D eigenvalue weighted by atomic mass is 32.2. The molecule has 3 aromatic carbocycles. The smallest absolute Gasteiger partial charge is 0.270 e. The lowest BCUT2D eigenvalue weighted by Gasteiger charge is -2.10. The van der Waals surface area contributed by atoms with E-state index in [0.717, 1.165) is 17.2 Å². The Labute approximate surface area is 173 Å². The number of hydrogen-bond donors (Lipinski definition) is 2. The molecular weight excluding hydrogens is 406 g/mol. The number of anilines is 2. The predicted molar refractivity (Wildman–Crippen MR) is 114 cm³/mol. The molecule has 9 heteroatoms. The molecular formula is C21H19N3O5S. The van der Waals surface area contributed by atoms with Gasteiger partial charge in [-0.25, -0.2) is 8.42 Å². The van der Waals surface area contributed by atoms with E-state index >= 15 is 0 Å². The highest BCUT2D eigenvalue weighted by molar-refractivity contribution is 7.92. The molecule has 0 heterocycles. The standard InChI is InChI=1S/C21H19N3O5S/c1-14-6-9-18(12-15(14)2)22-21(25)16-7-10-17(11-8-16)23-30(28,29)20-5-3-4-19(13-20)24(26)27/h3-13,23H,1-2H3,(H,22,25). The number of carbonyl (C=O) groups is 1. The summed E-state index contributed by atoms with van der Waals surface area (Å²) in [4.78, 5) is 22.4. The van der Waals surface area contributed by atoms with Gasteiger partial charge in [-0.05, 0) is 67.4 Å². The molecule has 0 aliphatic rings. The van der Waals surface area contributed by atoms with Gasteiger partial charge in [0, 0.05) is 29.1 Å². The molecule has 2 N–H and O–H groups in total. The van der Waals surface area contributed by atoms with Gasteiger partial charge in [-0.1, -0.05) is 12.1 Å². The van der Waals surface area contributed by atoms with Crippen LogP contribution in [-0.2, 0) is 10.0 Å². The second kappa shape index (κ2) is 8.34. The summed E-state index contributed by atoms with van der Waals surface area (Å²) >= 11 is 0. The summed E-state index contributed by atoms with van der Waals surface area (Å²) < 4.78 is 27.3. The van der Waals surface area contributed by atoms with Gasteiger partial charge >= 0.3 is 0 Å². The monoisotopic (exact) mass is 425 g/mol. The van der Waals surface area contributed by atoms with E-state index in [2.05, 4.69) is 10.0 Å². The van der Waals surface area contributed by atoms with Crippen molar-refractivity contribution in [1.29, 1.82) is 0 Å². The van der Waals surface area contributed by atoms with E-state index < -0.39 is 14.9 Å². The van der Waals surface area contributed by atoms with Gasteiger partial charge in [-0.2, -0.15) is 0 Å². The summed E-state index contributed by atoms with van der Waals surface area (Å²) in [6.07, 6.45) is 0. The number of nitrogens with one attached hydrogen (secondary N) is 2. The van der Waals surface area contributed by atoms with Gasteiger partial charge < -0.3 is 5.32 Å². The number of hydrogen-bond acceptors (Lipinski definition) is 5. The topological polar surface area (TPSA) is 118 Å². The second-order valence-electron chi connectivity index (χ2n) is 6.69. The fourth-order valence-corrected chi connectivity index (χ4v) is 3.79. The molecule has 3 rings (SSSR count). The first-order valence-electron chi connectivity index (χ1n) is 8.92. The van der Waals surface area contributed by atoms with E-state index in [1.165, 1.54) is 42.5 Å². The van der Waals surface area contributed by atoms with Crippen LogP contribution in [0.25, 0.3) is 0 Å². The minimum Gasteiger partial charge on any atom is -0.322 e. The normalized spacial score (nSPS) is 11.0. The summed E-state index contributed by atoms with van der Waals surface area (Å²) in [5.74, 6) is -0.327. The number of carbonyl (C=O) groups excluding carboxylic acids is 1. The van der Waals surface area contributed by atoms with Crippen molar-refractivity contribution < 1.29 is 18.1 Å². The fraction of sp³-hybridized carbons (Fsp3) is 0.0952. The lowest BCUT2D eigenvalue weighted by molar-refractivity contribution is -0.385. The van der Waals surface area contributed by atoms with E-state index in [1.807, 2.05) is 32.0 Å². The van der Waals surface area contributed by atoms with Crippen molar-refractivity contribution >= 4 is 33.0 Å². The van der Waals surface area contributed by atoms with Gasteiger partial charge in [0.25, 0.3) is 21.6 Å². The van der Waals surface area contributed by atoms with Gasteiger partial charge in [0.1, 0.15) is 0 Å². The Morgan fingerprint density at radius 3 is 2.20 bits per heavy atom. The van der Waals surface area contributed by atoms with Crippen molar-refractivity contribution in [2.24, 2.45) is 0 Å². The maximum Gasteiger partial charge on any atom is 0.270 e. The second-order valence-corrected chi connectivity index (χ2v) is 8.37. The number of sulfonamides is 1. The number of nitro benzene ring substituents is 1. The van der Waals surface area contributed by atoms with Crippen LogP contribution in [-0.4, -0.2) is 19.2 Å². The van der Waals surface area contributed by atoms with Crippen molar-refractivity contribution in [2.75, 3.05) is 10.0 Å². The third-order valence-corrected chi connectivity index (χ3v) is 5.88. The van der Waals surface area contributed by atoms with Crippen molar-refractivity contribution in [1.82, 2.24) is 0 Å². The number of nitro groups is 1. The highest BCUT2D eigenvalue weighted by Crippen LogP contribution is 2.21. The van der Waals surface area contributed by atoms with Crippen molar-refractivity contribution in [3.8, 4) is 0 Å². The van der Waals surface area contributed by atoms with E-state index in [-0.39, 0.29) is 22.2 Å². The van der Waals surface area contributed by atoms with Crippen LogP contribution in [0.3, 0.4) is 0 Å². The van der Waals surface area contributed by atoms with Crippen molar-refractivity contribution in [3.05, 3.63) is 93.5 Å². The molecule has 0 saturated heterocycles. The van der Waals surface area contributed by atoms with Crippen LogP contribution < -0.4 is 10.0 Å². The lowest BCUT2D eigenvalue weighted by Crippen LogP contribution is -2.14. The average Bonchev–Trinajstić information content (AvgIpc) is 2.71. The van der Waals surface area contributed by atoms with Crippen LogP contribution in [0.5, 0.6) is 0 Å². The van der Waals surface area contributed by atoms with Gasteiger partial charge in [0.2, 0.25) is 0 Å². The molecule has 0 fully saturated rings. The minimum atomic E-state index is -4.01. The summed E-state index contributed by atoms with van der Waals surface area (Å²) in [6, 6.07) is 16.2. The molecule has 0 aromatic heterocycles. The number of nitrogens with zero attached hydrogens (tertiary/aromatic N) is 1. The molecule has 0 aliphatic heterocycles. The number of amides is 1. The minimum absolute atomic E-state index is 0.226. The molecule has 0 spiro atoms. The van der Waals surface area contributed by atoms with Crippen LogP contribution in [0.1, 0.15) is 21.5 Å². The Morgan fingerprint density at radius 1 is 0.900 bits per heavy atom. The number of aryl methyl sites for hydroxylation is 2. The maximum atomic E-state index is 12.5. The Morgan fingerprint density at radius 2 is 1.57 bits per heavy atom. The molecule has 3 aromatic rings. The molecule has 0 radical (unpaired) electrons. The van der Waals surface area contributed by atoms with Gasteiger partial charge in [-0.15, -0.1) is 0 Å². The zero-order chi connectivity index (χ0) is 21.9. The quantitative estimate of drug-likeness (QED) is 0.452. The van der Waals surface area contributed by atoms with Crippen LogP contribution in [0.2, 0.25) is 0 Å². The van der Waals surface area contributed by atoms with Crippen LogP contribution >= 0.6 is 0 Å². The predicted octanol–water partition coefficient (Wildman–Crippen LogP) is 4.26. The van der Waals surface area contributed by atoms with Crippen molar-refractivity contribution in [2.45, 2.75) is 18.7 Å². The third-order valence-electron chi connectivity index (χ3n) is 4.50. The molecule has 0 bridgehead atoms. The molecule has 154 valence electrons. The Balaban J connectivity index is 1.73. The van der Waals surface area contributed by atoms with Gasteiger partial charge in [0.15, 0.2) is 0 Å². The first kappa shape index (κ1) is 21.0. The van der Waals surface area contributed by atoms with Crippen LogP contribution in [0, 0.1) is 24.0 Å². The van der Waals surface area contributed by atoms with Gasteiger partial charge in [0.05, 0.1) is 9.82 Å². The largest absolute Gasteiger partial charge is 0.322 e. The molecule has 8 nitrogen and oxygen atoms in total. The number of benzene rings is 3. The Kier molecular flexibility index (Phi) is 5.84. The number of rotatable bonds is 6. The molecule has 0 atom stereocenters. The fourth-order valence-electron chi connectivity index (χ4n) is 2.69. The van der Waals surface area contributed by atoms with Crippen molar-refractivity contribution in [3.63, 3.8) is 0 Å².